The molecule has 2 heterocycles. The van der Waals surface area contributed by atoms with Crippen LogP contribution in [0.1, 0.15) is 20.7 Å². The van der Waals surface area contributed by atoms with Crippen LogP contribution >= 0.6 is 45.1 Å². The zero-order valence-corrected chi connectivity index (χ0v) is 23.6. The average molecular weight is 597 g/mol. The van der Waals surface area contributed by atoms with Crippen LogP contribution in [0.15, 0.2) is 46.2 Å². The van der Waals surface area contributed by atoms with E-state index in [1.807, 2.05) is 0 Å². The lowest BCUT2D eigenvalue weighted by molar-refractivity contribution is -0.141. The van der Waals surface area contributed by atoms with E-state index in [0.29, 0.717) is 38.4 Å². The van der Waals surface area contributed by atoms with Crippen molar-refractivity contribution in [3.63, 3.8) is 0 Å². The molecule has 2 aromatic rings. The topological polar surface area (TPSA) is 134 Å². The van der Waals surface area contributed by atoms with Gasteiger partial charge in [-0.3, -0.25) is 9.59 Å². The molecular formula is C24H24N2O8S4. The Labute approximate surface area is 235 Å². The normalized spacial score (nSPS) is 18.9. The Hall–Kier alpha value is -2.68. The highest BCUT2D eigenvalue weighted by atomic mass is 33.1. The van der Waals surface area contributed by atoms with Crippen LogP contribution < -0.4 is 9.47 Å². The summed E-state index contributed by atoms with van der Waals surface area (Å²) in [7, 11) is 5.43. The molecule has 2 fully saturated rings. The summed E-state index contributed by atoms with van der Waals surface area (Å²) in [5.74, 6) is -0.823. The highest BCUT2D eigenvalue weighted by Crippen LogP contribution is 2.44. The van der Waals surface area contributed by atoms with E-state index in [2.05, 4.69) is 0 Å². The number of benzene rings is 2. The molecule has 202 valence electrons. The highest BCUT2D eigenvalue weighted by Gasteiger charge is 2.37. The van der Waals surface area contributed by atoms with Gasteiger partial charge in [0.25, 0.3) is 11.8 Å². The summed E-state index contributed by atoms with van der Waals surface area (Å²) >= 11 is 2.75. The van der Waals surface area contributed by atoms with Crippen LogP contribution in [0.5, 0.6) is 11.5 Å². The van der Waals surface area contributed by atoms with Gasteiger partial charge in [0, 0.05) is 21.3 Å². The fourth-order valence-corrected chi connectivity index (χ4v) is 8.47. The maximum absolute atomic E-state index is 13.4. The summed E-state index contributed by atoms with van der Waals surface area (Å²) in [6.45, 7) is 0. The molecule has 0 aromatic heterocycles. The number of aliphatic carboxylic acids is 2. The van der Waals surface area contributed by atoms with E-state index in [1.165, 1.54) is 69.1 Å². The first-order valence-electron chi connectivity index (χ1n) is 11.2. The lowest BCUT2D eigenvalue weighted by atomic mass is 10.1. The van der Waals surface area contributed by atoms with Crippen molar-refractivity contribution in [2.45, 2.75) is 21.9 Å². The summed E-state index contributed by atoms with van der Waals surface area (Å²) in [6.07, 6.45) is 0. The van der Waals surface area contributed by atoms with Crippen molar-refractivity contribution in [2.75, 3.05) is 37.5 Å². The number of nitrogens with zero attached hydrogens (tertiary/aromatic N) is 2. The third kappa shape index (κ3) is 5.98. The largest absolute Gasteiger partial charge is 0.497 e. The number of thioether (sulfide) groups is 2. The molecule has 0 radical (unpaired) electrons. The first-order chi connectivity index (χ1) is 18.2. The monoisotopic (exact) mass is 596 g/mol. The quantitative estimate of drug-likeness (QED) is 0.409. The van der Waals surface area contributed by atoms with Crippen molar-refractivity contribution in [1.82, 2.24) is 9.80 Å². The number of carboxylic acids is 2. The number of ether oxygens (including phenoxy) is 2. The molecule has 4 rings (SSSR count). The fourth-order valence-electron chi connectivity index (χ4n) is 3.85. The van der Waals surface area contributed by atoms with Crippen LogP contribution in [0.2, 0.25) is 0 Å². The number of rotatable bonds is 9. The minimum absolute atomic E-state index is 0.261. The Bertz CT molecular complexity index is 1260. The van der Waals surface area contributed by atoms with E-state index < -0.39 is 35.8 Å². The Balaban J connectivity index is 1.63. The lowest BCUT2D eigenvalue weighted by Crippen LogP contribution is -2.42. The Morgan fingerprint density at radius 1 is 0.763 bits per heavy atom. The van der Waals surface area contributed by atoms with Gasteiger partial charge in [0.2, 0.25) is 0 Å². The minimum atomic E-state index is -1.06. The van der Waals surface area contributed by atoms with Crippen LogP contribution in [0.3, 0.4) is 0 Å². The summed E-state index contributed by atoms with van der Waals surface area (Å²) < 4.78 is 10.6. The number of carbonyl (C=O) groups is 4. The fraction of sp³-hybridized carbons (Fsp3) is 0.333. The SMILES string of the molecule is COc1ccc(C(=O)N2CSCC2C(=O)O)c(SSc2ccc(OC)cc2C(=O)N2CSCC2C(=O)O)c1. The molecule has 2 aromatic carbocycles. The zero-order valence-electron chi connectivity index (χ0n) is 20.3. The molecule has 0 spiro atoms. The molecule has 2 N–H and O–H groups in total. The third-order valence-electron chi connectivity index (χ3n) is 5.91. The standard InChI is InChI=1S/C24H24N2O8S4/c1-33-13-4-6-19(16(7-13)22(28)26-12-36-10-18(26)24(31)32)37-38-20-8-14(34-2)3-5-15(20)21(27)25-11-35-9-17(25)23(29)30/h3-8,17-18H,9-12H2,1-2H3,(H,29,30)(H,31,32). The van der Waals surface area contributed by atoms with Crippen LogP contribution in [-0.4, -0.2) is 93.3 Å². The maximum Gasteiger partial charge on any atom is 0.327 e. The van der Waals surface area contributed by atoms with Crippen LogP contribution in [0.25, 0.3) is 0 Å². The number of methoxy groups -OCH3 is 2. The van der Waals surface area contributed by atoms with Crippen molar-refractivity contribution in [1.29, 1.82) is 0 Å². The molecule has 2 aliphatic rings. The van der Waals surface area contributed by atoms with E-state index in [4.69, 9.17) is 9.47 Å². The van der Waals surface area contributed by atoms with Gasteiger partial charge >= 0.3 is 11.9 Å². The van der Waals surface area contributed by atoms with Crippen molar-refractivity contribution in [3.8, 4) is 11.5 Å². The second kappa shape index (κ2) is 12.5. The molecule has 0 saturated carbocycles. The van der Waals surface area contributed by atoms with Gasteiger partial charge in [0.05, 0.1) is 37.1 Å². The van der Waals surface area contributed by atoms with Crippen LogP contribution in [0.4, 0.5) is 0 Å². The lowest BCUT2D eigenvalue weighted by Gasteiger charge is -2.23. The van der Waals surface area contributed by atoms with Crippen LogP contribution in [-0.2, 0) is 9.59 Å². The van der Waals surface area contributed by atoms with Gasteiger partial charge in [-0.05, 0) is 36.4 Å². The summed E-state index contributed by atoms with van der Waals surface area (Å²) in [4.78, 5) is 53.9. The van der Waals surface area contributed by atoms with E-state index in [1.54, 1.807) is 36.4 Å². The average Bonchev–Trinajstić information content (AvgIpc) is 3.61. The Kier molecular flexibility index (Phi) is 9.28. The number of amides is 2. The summed E-state index contributed by atoms with van der Waals surface area (Å²) in [6, 6.07) is 8.08. The number of hydrogen-bond donors (Lipinski definition) is 2. The second-order valence-corrected chi connectivity index (χ2v) is 12.4. The molecular weight excluding hydrogens is 573 g/mol. The van der Waals surface area contributed by atoms with Crippen molar-refractivity contribution in [3.05, 3.63) is 47.5 Å². The smallest absolute Gasteiger partial charge is 0.327 e. The van der Waals surface area contributed by atoms with Gasteiger partial charge in [-0.25, -0.2) is 9.59 Å². The number of carboxylic acid groups (broad SMARTS) is 2. The molecule has 2 aliphatic heterocycles. The maximum atomic E-state index is 13.4. The van der Waals surface area contributed by atoms with Gasteiger partial charge in [0.1, 0.15) is 23.6 Å². The first kappa shape index (κ1) is 28.3. The van der Waals surface area contributed by atoms with E-state index in [9.17, 15) is 29.4 Å². The molecule has 2 atom stereocenters. The molecule has 2 saturated heterocycles. The molecule has 14 heteroatoms. The third-order valence-corrected chi connectivity index (χ3v) is 10.4. The highest BCUT2D eigenvalue weighted by molar-refractivity contribution is 8.76. The molecule has 2 amide bonds. The van der Waals surface area contributed by atoms with Gasteiger partial charge < -0.3 is 29.5 Å². The number of hydrogen-bond acceptors (Lipinski definition) is 10. The van der Waals surface area contributed by atoms with Gasteiger partial charge in [-0.15, -0.1) is 23.5 Å². The van der Waals surface area contributed by atoms with Crippen molar-refractivity contribution < 1.29 is 38.9 Å². The molecule has 0 bridgehead atoms. The predicted octanol–water partition coefficient (Wildman–Crippen LogP) is 3.70. The van der Waals surface area contributed by atoms with Gasteiger partial charge in [-0.1, -0.05) is 21.6 Å². The van der Waals surface area contributed by atoms with Gasteiger partial charge in [0.15, 0.2) is 0 Å². The minimum Gasteiger partial charge on any atom is -0.497 e. The Morgan fingerprint density at radius 2 is 1.26 bits per heavy atom. The molecule has 0 aliphatic carbocycles. The molecule has 10 nitrogen and oxygen atoms in total. The Morgan fingerprint density at radius 3 is 1.82 bits per heavy atom. The summed E-state index contributed by atoms with van der Waals surface area (Å²) in [5, 5.41) is 19.1. The first-order valence-corrected chi connectivity index (χ1v) is 15.6. The van der Waals surface area contributed by atoms with Crippen molar-refractivity contribution >= 4 is 68.9 Å². The van der Waals surface area contributed by atoms with Gasteiger partial charge in [-0.2, -0.15) is 0 Å². The van der Waals surface area contributed by atoms with E-state index >= 15 is 0 Å². The zero-order chi connectivity index (χ0) is 27.4. The van der Waals surface area contributed by atoms with Crippen molar-refractivity contribution in [2.24, 2.45) is 0 Å². The van der Waals surface area contributed by atoms with E-state index in [-0.39, 0.29) is 17.3 Å². The molecule has 38 heavy (non-hydrogen) atoms. The summed E-state index contributed by atoms with van der Waals surface area (Å²) in [5.41, 5.74) is 0.605. The predicted molar refractivity (Wildman–Crippen MR) is 148 cm³/mol. The second-order valence-electron chi connectivity index (χ2n) is 8.15. The molecule has 2 unspecified atom stereocenters. The van der Waals surface area contributed by atoms with E-state index in [0.717, 1.165) is 0 Å². The number of carbonyl (C=O) groups excluding carboxylic acids is 2. The van der Waals surface area contributed by atoms with Crippen LogP contribution in [0, 0.1) is 0 Å².